The fourth-order valence-electron chi connectivity index (χ4n) is 4.73. The number of fused-ring (bicyclic) bond motifs is 4. The molecule has 0 aliphatic carbocycles. The second-order valence-electron chi connectivity index (χ2n) is 7.39. The Hall–Kier alpha value is -2.24. The van der Waals surface area contributed by atoms with Crippen molar-refractivity contribution in [3.8, 4) is 17.2 Å². The second-order valence-corrected chi connectivity index (χ2v) is 7.39. The van der Waals surface area contributed by atoms with E-state index in [9.17, 15) is 5.11 Å². The summed E-state index contributed by atoms with van der Waals surface area (Å²) in [5, 5.41) is 10.0. The van der Waals surface area contributed by atoms with Crippen molar-refractivity contribution in [1.82, 2.24) is 4.90 Å². The standard InChI is InChI=1S/C22H27NO4/c1-13-7-14-8-15(25-2)5-6-16(14)20-9-17-18(11-23(13)20)21(26-3)10-22(27-4)19(17)12-24/h5-6,8,10,13,20,24H,7,9,11-12H2,1-4H3/t13-,20+/m1/s1. The van der Waals surface area contributed by atoms with Crippen molar-refractivity contribution in [3.05, 3.63) is 52.1 Å². The Kier molecular flexibility index (Phi) is 4.74. The SMILES string of the molecule is COc1ccc2c(c1)C[C@@H](C)N1Cc3c(OC)cc(OC)c(CO)c3C[C@@H]21. The third kappa shape index (κ3) is 2.86. The van der Waals surface area contributed by atoms with Crippen molar-refractivity contribution in [2.24, 2.45) is 0 Å². The van der Waals surface area contributed by atoms with Crippen LogP contribution < -0.4 is 14.2 Å². The number of methoxy groups -OCH3 is 3. The maximum Gasteiger partial charge on any atom is 0.128 e. The molecule has 0 bridgehead atoms. The molecule has 0 spiro atoms. The van der Waals surface area contributed by atoms with E-state index in [1.54, 1.807) is 21.3 Å². The molecular weight excluding hydrogens is 342 g/mol. The number of hydrogen-bond donors (Lipinski definition) is 1. The van der Waals surface area contributed by atoms with Crippen LogP contribution in [0.15, 0.2) is 24.3 Å². The molecule has 5 nitrogen and oxygen atoms in total. The minimum Gasteiger partial charge on any atom is -0.497 e. The van der Waals surface area contributed by atoms with Crippen molar-refractivity contribution in [3.63, 3.8) is 0 Å². The van der Waals surface area contributed by atoms with Crippen LogP contribution >= 0.6 is 0 Å². The molecule has 2 aliphatic heterocycles. The molecule has 0 radical (unpaired) electrons. The molecular formula is C22H27NO4. The van der Waals surface area contributed by atoms with Crippen LogP contribution in [0.3, 0.4) is 0 Å². The molecule has 0 saturated heterocycles. The van der Waals surface area contributed by atoms with Crippen LogP contribution in [0.25, 0.3) is 0 Å². The summed E-state index contributed by atoms with van der Waals surface area (Å²) < 4.78 is 16.6. The van der Waals surface area contributed by atoms with Gasteiger partial charge in [-0.25, -0.2) is 0 Å². The third-order valence-electron chi connectivity index (χ3n) is 6.11. The zero-order chi connectivity index (χ0) is 19.1. The second kappa shape index (κ2) is 7.06. The van der Waals surface area contributed by atoms with Gasteiger partial charge in [0.2, 0.25) is 0 Å². The van der Waals surface area contributed by atoms with Gasteiger partial charge < -0.3 is 19.3 Å². The zero-order valence-electron chi connectivity index (χ0n) is 16.4. The molecule has 0 amide bonds. The van der Waals surface area contributed by atoms with Gasteiger partial charge in [0.1, 0.15) is 17.2 Å². The number of benzene rings is 2. The van der Waals surface area contributed by atoms with Gasteiger partial charge in [0.15, 0.2) is 0 Å². The Morgan fingerprint density at radius 1 is 1.00 bits per heavy atom. The molecule has 0 aromatic heterocycles. The normalized spacial score (nSPS) is 21.1. The highest BCUT2D eigenvalue weighted by atomic mass is 16.5. The quantitative estimate of drug-likeness (QED) is 0.897. The first-order valence-corrected chi connectivity index (χ1v) is 9.40. The summed E-state index contributed by atoms with van der Waals surface area (Å²) in [6, 6.07) is 9.01. The van der Waals surface area contributed by atoms with Gasteiger partial charge in [0, 0.05) is 35.8 Å². The summed E-state index contributed by atoms with van der Waals surface area (Å²) in [6.45, 7) is 3.06. The summed E-state index contributed by atoms with van der Waals surface area (Å²) in [5.41, 5.74) is 5.91. The lowest BCUT2D eigenvalue weighted by Crippen LogP contribution is -2.45. The lowest BCUT2D eigenvalue weighted by molar-refractivity contribution is 0.103. The van der Waals surface area contributed by atoms with E-state index >= 15 is 0 Å². The average Bonchev–Trinajstić information content (AvgIpc) is 2.70. The van der Waals surface area contributed by atoms with Gasteiger partial charge in [0.25, 0.3) is 0 Å². The van der Waals surface area contributed by atoms with Crippen molar-refractivity contribution < 1.29 is 19.3 Å². The van der Waals surface area contributed by atoms with Crippen LogP contribution in [0, 0.1) is 0 Å². The molecule has 5 heteroatoms. The highest BCUT2D eigenvalue weighted by molar-refractivity contribution is 5.55. The Morgan fingerprint density at radius 2 is 1.78 bits per heavy atom. The van der Waals surface area contributed by atoms with E-state index in [1.165, 1.54) is 16.7 Å². The Morgan fingerprint density at radius 3 is 2.44 bits per heavy atom. The molecule has 2 aliphatic rings. The smallest absolute Gasteiger partial charge is 0.128 e. The number of hydrogen-bond acceptors (Lipinski definition) is 5. The van der Waals surface area contributed by atoms with E-state index in [1.807, 2.05) is 12.1 Å². The number of aliphatic hydroxyl groups excluding tert-OH is 1. The van der Waals surface area contributed by atoms with Gasteiger partial charge >= 0.3 is 0 Å². The Labute approximate surface area is 160 Å². The zero-order valence-corrected chi connectivity index (χ0v) is 16.4. The van der Waals surface area contributed by atoms with Crippen molar-refractivity contribution in [1.29, 1.82) is 0 Å². The van der Waals surface area contributed by atoms with E-state index in [4.69, 9.17) is 14.2 Å². The monoisotopic (exact) mass is 369 g/mol. The van der Waals surface area contributed by atoms with Gasteiger partial charge in [-0.3, -0.25) is 4.90 Å². The minimum absolute atomic E-state index is 0.0345. The summed E-state index contributed by atoms with van der Waals surface area (Å²) in [4.78, 5) is 2.55. The van der Waals surface area contributed by atoms with Gasteiger partial charge in [0.05, 0.1) is 27.9 Å². The van der Waals surface area contributed by atoms with Crippen LogP contribution in [0.1, 0.15) is 40.8 Å². The van der Waals surface area contributed by atoms with Crippen molar-refractivity contribution >= 4 is 0 Å². The first-order chi connectivity index (χ1) is 13.1. The van der Waals surface area contributed by atoms with Crippen LogP contribution in [-0.2, 0) is 26.0 Å². The summed E-state index contributed by atoms with van der Waals surface area (Å²) >= 11 is 0. The molecule has 27 heavy (non-hydrogen) atoms. The van der Waals surface area contributed by atoms with E-state index in [0.717, 1.165) is 42.0 Å². The summed E-state index contributed by atoms with van der Waals surface area (Å²) in [7, 11) is 5.05. The van der Waals surface area contributed by atoms with Crippen LogP contribution in [0.2, 0.25) is 0 Å². The van der Waals surface area contributed by atoms with Crippen LogP contribution in [0.4, 0.5) is 0 Å². The number of ether oxygens (including phenoxy) is 3. The highest BCUT2D eigenvalue weighted by Gasteiger charge is 2.38. The fraction of sp³-hybridized carbons (Fsp3) is 0.455. The molecule has 4 rings (SSSR count). The first kappa shape index (κ1) is 18.1. The van der Waals surface area contributed by atoms with Crippen molar-refractivity contribution in [2.75, 3.05) is 21.3 Å². The maximum atomic E-state index is 10.0. The lowest BCUT2D eigenvalue weighted by atomic mass is 9.80. The van der Waals surface area contributed by atoms with E-state index in [0.29, 0.717) is 11.8 Å². The van der Waals surface area contributed by atoms with E-state index in [2.05, 4.69) is 24.0 Å². The first-order valence-electron chi connectivity index (χ1n) is 9.40. The number of aliphatic hydroxyl groups is 1. The highest BCUT2D eigenvalue weighted by Crippen LogP contribution is 2.46. The van der Waals surface area contributed by atoms with E-state index < -0.39 is 0 Å². The third-order valence-corrected chi connectivity index (χ3v) is 6.11. The minimum atomic E-state index is -0.0345. The number of rotatable bonds is 4. The maximum absolute atomic E-state index is 10.0. The average molecular weight is 369 g/mol. The molecule has 2 heterocycles. The predicted molar refractivity (Wildman–Crippen MR) is 104 cm³/mol. The Balaban J connectivity index is 1.84. The van der Waals surface area contributed by atoms with Gasteiger partial charge in [-0.1, -0.05) is 6.07 Å². The van der Waals surface area contributed by atoms with Crippen molar-refractivity contribution in [2.45, 2.75) is 45.0 Å². The van der Waals surface area contributed by atoms with Gasteiger partial charge in [-0.15, -0.1) is 0 Å². The molecule has 1 N–H and O–H groups in total. The molecule has 2 aromatic carbocycles. The molecule has 0 unspecified atom stereocenters. The van der Waals surface area contributed by atoms with Crippen LogP contribution in [0.5, 0.6) is 17.2 Å². The van der Waals surface area contributed by atoms with Gasteiger partial charge in [-0.05, 0) is 48.6 Å². The lowest BCUT2D eigenvalue weighted by Gasteiger charge is -2.46. The molecule has 2 atom stereocenters. The number of nitrogens with zero attached hydrogens (tertiary/aromatic N) is 1. The molecule has 0 saturated carbocycles. The fourth-order valence-corrected chi connectivity index (χ4v) is 4.73. The Bertz CT molecular complexity index is 864. The molecule has 2 aromatic rings. The topological polar surface area (TPSA) is 51.2 Å². The summed E-state index contributed by atoms with van der Waals surface area (Å²) in [6.07, 6.45) is 1.84. The predicted octanol–water partition coefficient (Wildman–Crippen LogP) is 3.25. The van der Waals surface area contributed by atoms with Gasteiger partial charge in [-0.2, -0.15) is 0 Å². The molecule has 144 valence electrons. The largest absolute Gasteiger partial charge is 0.497 e. The van der Waals surface area contributed by atoms with E-state index in [-0.39, 0.29) is 12.6 Å². The molecule has 0 fully saturated rings. The van der Waals surface area contributed by atoms with Crippen LogP contribution in [-0.4, -0.2) is 37.4 Å². The summed E-state index contributed by atoms with van der Waals surface area (Å²) in [5.74, 6) is 2.44.